The number of carbonyl (C=O) groups is 2. The van der Waals surface area contributed by atoms with Crippen molar-refractivity contribution >= 4 is 44.9 Å². The highest BCUT2D eigenvalue weighted by Crippen LogP contribution is 2.46. The van der Waals surface area contributed by atoms with Gasteiger partial charge in [0.15, 0.2) is 28.2 Å². The molecule has 1 N–H and O–H groups in total. The molecule has 0 spiro atoms. The normalized spacial score (nSPS) is 16.4. The predicted molar refractivity (Wildman–Crippen MR) is 201 cm³/mol. The number of halogens is 6. The van der Waals surface area contributed by atoms with Crippen LogP contribution in [-0.4, -0.2) is 48.8 Å². The fourth-order valence-electron chi connectivity index (χ4n) is 7.38. The van der Waals surface area contributed by atoms with Crippen LogP contribution in [0.25, 0.3) is 0 Å². The standard InChI is InChI=1S/C41H39ClF5N3O5S/c1-22-35(44)37(46)39(38(47)36(22)45)56(54,55)50(21-28-9-11-30(43)19-33(28)42)23(2)40(51)49(34-12-10-27(41(52)53)18-32(34)26-7-8-26)20-24-15-29(25-5-6-25)17-31(16-24)48-13-3-4-14-48/h9-12,15-19,23,25-26H,3-8,13-14,20-21H2,1-2H3,(H,52,53)/t23-/m1/s1. The van der Waals surface area contributed by atoms with Gasteiger partial charge in [0.05, 0.1) is 12.1 Å². The van der Waals surface area contributed by atoms with Crippen LogP contribution < -0.4 is 9.80 Å². The second kappa shape index (κ2) is 15.4. The van der Waals surface area contributed by atoms with Crippen LogP contribution in [-0.2, 0) is 27.9 Å². The number of benzene rings is 4. The largest absolute Gasteiger partial charge is 0.478 e. The summed E-state index contributed by atoms with van der Waals surface area (Å²) >= 11 is 6.29. The maximum Gasteiger partial charge on any atom is 0.335 e. The molecule has 3 aliphatic rings. The van der Waals surface area contributed by atoms with Crippen molar-refractivity contribution in [2.24, 2.45) is 0 Å². The lowest BCUT2D eigenvalue weighted by Crippen LogP contribution is -2.49. The second-order valence-corrected chi connectivity index (χ2v) is 17.1. The molecule has 1 heterocycles. The van der Waals surface area contributed by atoms with Crippen molar-refractivity contribution in [3.8, 4) is 0 Å². The van der Waals surface area contributed by atoms with Crippen LogP contribution in [0.4, 0.5) is 33.3 Å². The molecule has 0 bridgehead atoms. The fraction of sp³-hybridized carbons (Fsp3) is 0.366. The molecule has 2 saturated carbocycles. The van der Waals surface area contributed by atoms with Gasteiger partial charge in [-0.15, -0.1) is 0 Å². The molecule has 1 saturated heterocycles. The first-order valence-corrected chi connectivity index (χ1v) is 20.2. The number of sulfonamides is 1. The molecule has 8 nitrogen and oxygen atoms in total. The second-order valence-electron chi connectivity index (χ2n) is 14.9. The Hall–Kier alpha value is -4.53. The number of nitrogens with zero attached hydrogens (tertiary/aromatic N) is 3. The van der Waals surface area contributed by atoms with E-state index >= 15 is 13.6 Å². The molecule has 2 aliphatic carbocycles. The van der Waals surface area contributed by atoms with Gasteiger partial charge >= 0.3 is 5.97 Å². The Morgan fingerprint density at radius 2 is 1.50 bits per heavy atom. The van der Waals surface area contributed by atoms with Crippen LogP contribution >= 0.6 is 11.6 Å². The number of rotatable bonds is 13. The van der Waals surface area contributed by atoms with E-state index in [1.807, 2.05) is 12.1 Å². The van der Waals surface area contributed by atoms with Crippen LogP contribution in [0.2, 0.25) is 5.02 Å². The number of hydrogen-bond donors (Lipinski definition) is 1. The van der Waals surface area contributed by atoms with Crippen molar-refractivity contribution in [3.05, 3.63) is 122 Å². The Labute approximate surface area is 326 Å². The molecule has 7 rings (SSSR count). The van der Waals surface area contributed by atoms with E-state index in [1.54, 1.807) is 0 Å². The van der Waals surface area contributed by atoms with E-state index in [0.717, 1.165) is 75.1 Å². The van der Waals surface area contributed by atoms with Gasteiger partial charge in [-0.05, 0) is 129 Å². The summed E-state index contributed by atoms with van der Waals surface area (Å²) in [7, 11) is -5.62. The van der Waals surface area contributed by atoms with Crippen LogP contribution in [0.5, 0.6) is 0 Å². The molecular weight excluding hydrogens is 777 g/mol. The van der Waals surface area contributed by atoms with Crippen molar-refractivity contribution < 1.29 is 45.1 Å². The van der Waals surface area contributed by atoms with Crippen molar-refractivity contribution in [1.82, 2.24) is 4.31 Å². The molecule has 1 atom stereocenters. The molecule has 0 radical (unpaired) electrons. The van der Waals surface area contributed by atoms with E-state index in [0.29, 0.717) is 39.9 Å². The zero-order chi connectivity index (χ0) is 40.2. The Bertz CT molecular complexity index is 2320. The number of carboxylic acids is 1. The van der Waals surface area contributed by atoms with Crippen LogP contribution in [0.1, 0.15) is 95.5 Å². The molecule has 15 heteroatoms. The molecule has 3 fully saturated rings. The molecule has 1 aliphatic heterocycles. The van der Waals surface area contributed by atoms with Crippen LogP contribution in [0, 0.1) is 36.0 Å². The van der Waals surface area contributed by atoms with E-state index in [9.17, 15) is 31.5 Å². The van der Waals surface area contributed by atoms with Crippen molar-refractivity contribution in [1.29, 1.82) is 0 Å². The first kappa shape index (κ1) is 39.7. The SMILES string of the molecule is Cc1c(F)c(F)c(S(=O)(=O)N(Cc2ccc(F)cc2Cl)[C@H](C)C(=O)N(Cc2cc(C3CC3)cc(N3CCCC3)c2)c2ccc(C(=O)O)cc2C2CC2)c(F)c1F. The maximum atomic E-state index is 15.5. The molecule has 56 heavy (non-hydrogen) atoms. The minimum Gasteiger partial charge on any atom is -0.478 e. The lowest BCUT2D eigenvalue weighted by molar-refractivity contribution is -0.122. The number of hydrogen-bond acceptors (Lipinski definition) is 5. The Morgan fingerprint density at radius 3 is 2.09 bits per heavy atom. The summed E-state index contributed by atoms with van der Waals surface area (Å²) in [6, 6.07) is 11.5. The summed E-state index contributed by atoms with van der Waals surface area (Å²) in [5.74, 6) is -10.9. The first-order chi connectivity index (χ1) is 26.6. The average molecular weight is 816 g/mol. The Balaban J connectivity index is 1.38. The number of carboxylic acid groups (broad SMARTS) is 1. The van der Waals surface area contributed by atoms with Gasteiger partial charge < -0.3 is 14.9 Å². The Morgan fingerprint density at radius 1 is 0.857 bits per heavy atom. The third-order valence-electron chi connectivity index (χ3n) is 10.8. The van der Waals surface area contributed by atoms with E-state index in [-0.39, 0.29) is 28.6 Å². The summed E-state index contributed by atoms with van der Waals surface area (Å²) in [5.41, 5.74) is 2.42. The van der Waals surface area contributed by atoms with E-state index in [1.165, 1.54) is 30.0 Å². The molecule has 1 amide bonds. The molecule has 296 valence electrons. The zero-order valence-corrected chi connectivity index (χ0v) is 32.2. The predicted octanol–water partition coefficient (Wildman–Crippen LogP) is 9.21. The van der Waals surface area contributed by atoms with Crippen molar-refractivity contribution in [2.45, 2.75) is 88.2 Å². The highest BCUT2D eigenvalue weighted by atomic mass is 35.5. The molecule has 4 aromatic carbocycles. The highest BCUT2D eigenvalue weighted by molar-refractivity contribution is 7.89. The summed E-state index contributed by atoms with van der Waals surface area (Å²) in [4.78, 5) is 28.8. The van der Waals surface area contributed by atoms with Gasteiger partial charge in [-0.25, -0.2) is 35.2 Å². The van der Waals surface area contributed by atoms with Gasteiger partial charge in [-0.1, -0.05) is 23.7 Å². The van der Waals surface area contributed by atoms with Gasteiger partial charge in [0.1, 0.15) is 11.9 Å². The van der Waals surface area contributed by atoms with Gasteiger partial charge in [-0.2, -0.15) is 4.31 Å². The van der Waals surface area contributed by atoms with Crippen LogP contribution in [0.15, 0.2) is 59.5 Å². The van der Waals surface area contributed by atoms with E-state index < -0.39 is 74.0 Å². The fourth-order valence-corrected chi connectivity index (χ4v) is 9.29. The molecule has 0 unspecified atom stereocenters. The number of amides is 1. The van der Waals surface area contributed by atoms with E-state index in [4.69, 9.17) is 11.6 Å². The van der Waals surface area contributed by atoms with Gasteiger partial charge in [0.2, 0.25) is 15.9 Å². The number of anilines is 2. The lowest BCUT2D eigenvalue weighted by atomic mass is 10.0. The summed E-state index contributed by atoms with van der Waals surface area (Å²) in [6.45, 7) is 2.64. The highest BCUT2D eigenvalue weighted by Gasteiger charge is 2.42. The molecular formula is C41H39ClF5N3O5S. The summed E-state index contributed by atoms with van der Waals surface area (Å²) in [5, 5.41) is 9.56. The number of carbonyl (C=O) groups excluding carboxylic acids is 1. The monoisotopic (exact) mass is 815 g/mol. The quantitative estimate of drug-likeness (QED) is 0.107. The molecule has 0 aromatic heterocycles. The first-order valence-electron chi connectivity index (χ1n) is 18.4. The molecule has 4 aromatic rings. The maximum absolute atomic E-state index is 15.5. The van der Waals surface area contributed by atoms with Gasteiger partial charge in [0.25, 0.3) is 0 Å². The Kier molecular flexibility index (Phi) is 10.9. The third kappa shape index (κ3) is 7.75. The average Bonchev–Trinajstić information content (AvgIpc) is 4.12. The lowest BCUT2D eigenvalue weighted by Gasteiger charge is -2.34. The van der Waals surface area contributed by atoms with Crippen LogP contribution in [0.3, 0.4) is 0 Å². The smallest absolute Gasteiger partial charge is 0.335 e. The topological polar surface area (TPSA) is 98.2 Å². The van der Waals surface area contributed by atoms with Crippen molar-refractivity contribution in [2.75, 3.05) is 22.9 Å². The minimum absolute atomic E-state index is 0.0207. The zero-order valence-electron chi connectivity index (χ0n) is 30.6. The van der Waals surface area contributed by atoms with E-state index in [2.05, 4.69) is 11.0 Å². The number of aromatic carboxylic acids is 1. The summed E-state index contributed by atoms with van der Waals surface area (Å²) < 4.78 is 104. The summed E-state index contributed by atoms with van der Waals surface area (Å²) in [6.07, 6.45) is 5.44. The van der Waals surface area contributed by atoms with Crippen molar-refractivity contribution in [3.63, 3.8) is 0 Å². The van der Waals surface area contributed by atoms with Gasteiger partial charge in [-0.3, -0.25) is 4.79 Å². The third-order valence-corrected chi connectivity index (χ3v) is 13.1. The van der Waals surface area contributed by atoms with Gasteiger partial charge in [0, 0.05) is 41.6 Å². The minimum atomic E-state index is -5.62.